The van der Waals surface area contributed by atoms with Crippen LogP contribution < -0.4 is 9.30 Å². The number of pyridine rings is 1. The minimum Gasteiger partial charge on any atom is -0.458 e. The molecule has 356 valence electrons. The van der Waals surface area contributed by atoms with E-state index in [0.717, 1.165) is 84.1 Å². The number of benzene rings is 8. The first-order chi connectivity index (χ1) is 36.6. The molecule has 72 heavy (non-hydrogen) atoms. The topological polar surface area (TPSA) is 35.9 Å². The van der Waals surface area contributed by atoms with Gasteiger partial charge in [-0.25, -0.2) is 4.98 Å². The lowest BCUT2D eigenvalue weighted by Crippen LogP contribution is -2.31. The average molecular weight is 944 g/mol. The SMILES string of the molecule is [2H]c1c([2H])c([2H])c(-c2cccc(-c3cc(C(C)(C)C)cc(C(C)(C)C)c3)c2-[n+]2[c-]n(-c3cccc(Oc4ccc5c6cc(-c7ccccc7)ccc6n(-c6cc(CC(C)(C)C)ccn6)c5c4)c3)c3ccccc32)c([2H])c1[2H]. The number of aromatic nitrogens is 4. The van der Waals surface area contributed by atoms with Gasteiger partial charge in [0.15, 0.2) is 0 Å². The van der Waals surface area contributed by atoms with Crippen LogP contribution in [-0.2, 0) is 17.3 Å². The van der Waals surface area contributed by atoms with Gasteiger partial charge in [0.05, 0.1) is 40.3 Å². The van der Waals surface area contributed by atoms with E-state index in [9.17, 15) is 2.74 Å². The molecular formula is C67H62N4O. The molecule has 0 fully saturated rings. The van der Waals surface area contributed by atoms with Crippen LogP contribution in [0, 0.1) is 11.7 Å². The van der Waals surface area contributed by atoms with Gasteiger partial charge in [-0.3, -0.25) is 13.7 Å². The van der Waals surface area contributed by atoms with Crippen molar-refractivity contribution >= 4 is 32.8 Å². The molecule has 0 saturated heterocycles. The molecule has 3 aromatic heterocycles. The first kappa shape index (κ1) is 40.7. The molecule has 5 nitrogen and oxygen atoms in total. The highest BCUT2D eigenvalue weighted by atomic mass is 16.5. The van der Waals surface area contributed by atoms with Crippen molar-refractivity contribution in [2.45, 2.75) is 79.6 Å². The number of hydrogen-bond acceptors (Lipinski definition) is 2. The fourth-order valence-electron chi connectivity index (χ4n) is 9.92. The molecule has 0 N–H and O–H groups in total. The molecular weight excluding hydrogens is 877 g/mol. The Balaban J connectivity index is 1.07. The summed E-state index contributed by atoms with van der Waals surface area (Å²) >= 11 is 0. The average Bonchev–Trinajstić information content (AvgIpc) is 4.01. The van der Waals surface area contributed by atoms with Crippen LogP contribution in [0.5, 0.6) is 11.5 Å². The minimum absolute atomic E-state index is 0.0984. The van der Waals surface area contributed by atoms with Crippen molar-refractivity contribution in [1.29, 1.82) is 0 Å². The smallest absolute Gasteiger partial charge is 0.269 e. The fraction of sp³-hybridized carbons (Fsp3) is 0.194. The predicted octanol–water partition coefficient (Wildman–Crippen LogP) is 17.2. The van der Waals surface area contributed by atoms with E-state index in [2.05, 4.69) is 164 Å². The van der Waals surface area contributed by atoms with Gasteiger partial charge >= 0.3 is 0 Å². The molecule has 0 spiro atoms. The van der Waals surface area contributed by atoms with Crippen molar-refractivity contribution < 1.29 is 16.2 Å². The lowest BCUT2D eigenvalue weighted by Gasteiger charge is -2.27. The Morgan fingerprint density at radius 2 is 1.24 bits per heavy atom. The Labute approximate surface area is 431 Å². The van der Waals surface area contributed by atoms with Crippen molar-refractivity contribution in [2.75, 3.05) is 0 Å². The fourth-order valence-corrected chi connectivity index (χ4v) is 9.92. The molecule has 0 aliphatic carbocycles. The molecule has 8 aromatic carbocycles. The number of para-hydroxylation sites is 3. The van der Waals surface area contributed by atoms with Crippen molar-refractivity contribution in [3.63, 3.8) is 0 Å². The summed E-state index contributed by atoms with van der Waals surface area (Å²) in [4.78, 5) is 4.96. The number of hydrogen-bond donors (Lipinski definition) is 0. The van der Waals surface area contributed by atoms with Gasteiger partial charge in [0.2, 0.25) is 0 Å². The molecule has 0 atom stereocenters. The molecule has 0 aliphatic heterocycles. The Morgan fingerprint density at radius 1 is 0.542 bits per heavy atom. The number of imidazole rings is 1. The highest BCUT2D eigenvalue weighted by Gasteiger charge is 2.25. The van der Waals surface area contributed by atoms with Crippen molar-refractivity contribution in [3.8, 4) is 62.1 Å². The van der Waals surface area contributed by atoms with Gasteiger partial charge in [-0.1, -0.05) is 196 Å². The van der Waals surface area contributed by atoms with Gasteiger partial charge in [-0.2, -0.15) is 0 Å². The van der Waals surface area contributed by atoms with E-state index in [1.54, 1.807) is 0 Å². The van der Waals surface area contributed by atoms with Crippen LogP contribution >= 0.6 is 0 Å². The maximum Gasteiger partial charge on any atom is 0.269 e. The van der Waals surface area contributed by atoms with Gasteiger partial charge in [0.1, 0.15) is 17.3 Å². The minimum atomic E-state index is -0.440. The molecule has 0 bridgehead atoms. The Kier molecular flexibility index (Phi) is 10.2. The van der Waals surface area contributed by atoms with Crippen LogP contribution in [0.15, 0.2) is 200 Å². The molecule has 0 aliphatic rings. The standard InChI is InChI=1S/C67H62N4O/c1-65(2,3)43-45-34-35-68-63(36-45)71-59-33-30-48(46-20-12-10-13-21-46)39-58(59)57-32-31-54(42-62(57)71)72-53-25-18-24-52(41-53)69-44-70(61-29-17-16-28-60(61)69)64-55(47-22-14-11-15-23-47)26-19-27-56(64)49-37-50(66(4,5)6)40-51(38-49)67(7,8)9/h10-42H,43H2,1-9H3/i11D,14D,15D,22D,23D. The zero-order chi connectivity index (χ0) is 54.3. The third-order valence-corrected chi connectivity index (χ3v) is 13.5. The van der Waals surface area contributed by atoms with Gasteiger partial charge in [0, 0.05) is 23.0 Å². The molecule has 5 heteroatoms. The largest absolute Gasteiger partial charge is 0.458 e. The summed E-state index contributed by atoms with van der Waals surface area (Å²) in [6.45, 7) is 20.0. The van der Waals surface area contributed by atoms with Crippen LogP contribution in [0.1, 0.15) is 85.9 Å². The van der Waals surface area contributed by atoms with Gasteiger partial charge in [0.25, 0.3) is 6.33 Å². The van der Waals surface area contributed by atoms with E-state index in [0.29, 0.717) is 22.7 Å². The van der Waals surface area contributed by atoms with Crippen molar-refractivity contribution in [3.05, 3.63) is 223 Å². The Morgan fingerprint density at radius 3 is 1.97 bits per heavy atom. The van der Waals surface area contributed by atoms with E-state index in [1.165, 1.54) is 5.56 Å². The molecule has 3 heterocycles. The van der Waals surface area contributed by atoms with Gasteiger partial charge in [-0.15, -0.1) is 0 Å². The quantitative estimate of drug-likeness (QED) is 0.107. The number of ether oxygens (including phenoxy) is 1. The van der Waals surface area contributed by atoms with E-state index < -0.39 is 18.1 Å². The predicted molar refractivity (Wildman–Crippen MR) is 299 cm³/mol. The van der Waals surface area contributed by atoms with E-state index in [1.807, 2.05) is 88.1 Å². The second-order valence-electron chi connectivity index (χ2n) is 22.2. The van der Waals surface area contributed by atoms with Crippen LogP contribution in [0.3, 0.4) is 0 Å². The lowest BCUT2D eigenvalue weighted by atomic mass is 9.78. The van der Waals surface area contributed by atoms with Crippen LogP contribution in [0.2, 0.25) is 0 Å². The second kappa shape index (κ2) is 18.0. The maximum atomic E-state index is 9.25. The van der Waals surface area contributed by atoms with Gasteiger partial charge in [-0.05, 0) is 127 Å². The van der Waals surface area contributed by atoms with E-state index >= 15 is 0 Å². The number of nitrogens with zero attached hydrogens (tertiary/aromatic N) is 4. The molecule has 11 aromatic rings. The number of fused-ring (bicyclic) bond motifs is 4. The highest BCUT2D eigenvalue weighted by Crippen LogP contribution is 2.41. The number of rotatable bonds is 9. The van der Waals surface area contributed by atoms with Crippen LogP contribution in [0.4, 0.5) is 0 Å². The van der Waals surface area contributed by atoms with Crippen molar-refractivity contribution in [1.82, 2.24) is 14.1 Å². The zero-order valence-corrected chi connectivity index (χ0v) is 42.6. The summed E-state index contributed by atoms with van der Waals surface area (Å²) in [6.07, 6.45) is 6.53. The first-order valence-electron chi connectivity index (χ1n) is 27.3. The second-order valence-corrected chi connectivity index (χ2v) is 22.2. The first-order valence-corrected chi connectivity index (χ1v) is 24.8. The van der Waals surface area contributed by atoms with E-state index in [-0.39, 0.29) is 33.9 Å². The maximum absolute atomic E-state index is 9.25. The monoisotopic (exact) mass is 944 g/mol. The summed E-state index contributed by atoms with van der Waals surface area (Å²) in [5, 5.41) is 2.21. The summed E-state index contributed by atoms with van der Waals surface area (Å²) in [5.74, 6) is 2.12. The third kappa shape index (κ3) is 9.01. The summed E-state index contributed by atoms with van der Waals surface area (Å²) < 4.78 is 57.6. The van der Waals surface area contributed by atoms with E-state index in [4.69, 9.17) is 13.8 Å². The van der Waals surface area contributed by atoms with Crippen LogP contribution in [0.25, 0.3) is 83.4 Å². The molecule has 0 amide bonds. The lowest BCUT2D eigenvalue weighted by molar-refractivity contribution is -0.571. The zero-order valence-electron chi connectivity index (χ0n) is 47.6. The summed E-state index contributed by atoms with van der Waals surface area (Å²) in [7, 11) is 0. The molecule has 0 unspecified atom stereocenters. The summed E-state index contributed by atoms with van der Waals surface area (Å²) in [6, 6.07) is 54.5. The van der Waals surface area contributed by atoms with Crippen molar-refractivity contribution in [2.24, 2.45) is 5.41 Å². The van der Waals surface area contributed by atoms with Gasteiger partial charge < -0.3 is 4.74 Å². The normalized spacial score (nSPS) is 13.3. The molecule has 0 radical (unpaired) electrons. The third-order valence-electron chi connectivity index (χ3n) is 13.5. The van der Waals surface area contributed by atoms with Crippen LogP contribution in [-0.4, -0.2) is 14.1 Å². The highest BCUT2D eigenvalue weighted by molar-refractivity contribution is 6.10. The molecule has 0 saturated carbocycles. The summed E-state index contributed by atoms with van der Waals surface area (Å²) in [5.41, 5.74) is 13.0. The Hall–Kier alpha value is -8.02. The molecule has 11 rings (SSSR count). The Bertz CT molecular complexity index is 4050.